The van der Waals surface area contributed by atoms with E-state index in [9.17, 15) is 9.59 Å². The van der Waals surface area contributed by atoms with Gasteiger partial charge in [-0.3, -0.25) is 14.9 Å². The highest BCUT2D eigenvalue weighted by Gasteiger charge is 2.35. The third kappa shape index (κ3) is 3.58. The van der Waals surface area contributed by atoms with Crippen molar-refractivity contribution in [3.05, 3.63) is 58.1 Å². The van der Waals surface area contributed by atoms with Gasteiger partial charge in [-0.05, 0) is 25.1 Å². The number of amides is 2. The van der Waals surface area contributed by atoms with Crippen LogP contribution >= 0.6 is 23.2 Å². The molecule has 2 aromatic carbocycles. The summed E-state index contributed by atoms with van der Waals surface area (Å²) in [6, 6.07) is 11.7. The number of fused-ring (bicyclic) bond motifs is 1. The number of anilines is 2. The molecule has 2 N–H and O–H groups in total. The molecule has 0 saturated carbocycles. The summed E-state index contributed by atoms with van der Waals surface area (Å²) in [6.45, 7) is 1.99. The fourth-order valence-corrected chi connectivity index (χ4v) is 3.19. The molecule has 2 heterocycles. The molecule has 1 aliphatic heterocycles. The molecule has 1 atom stereocenters. The second kappa shape index (κ2) is 7.26. The highest BCUT2D eigenvalue weighted by atomic mass is 35.5. The van der Waals surface area contributed by atoms with Crippen molar-refractivity contribution < 1.29 is 9.59 Å². The molecule has 28 heavy (non-hydrogen) atoms. The Balaban J connectivity index is 1.51. The molecule has 9 heteroatoms. The fourth-order valence-electron chi connectivity index (χ4n) is 2.90. The Morgan fingerprint density at radius 1 is 1.18 bits per heavy atom. The fraction of sp³-hybridized carbons (Fsp3) is 0.158. The number of nitrogens with zero attached hydrogens (tertiary/aromatic N) is 3. The van der Waals surface area contributed by atoms with E-state index in [1.165, 1.54) is 4.68 Å². The van der Waals surface area contributed by atoms with Gasteiger partial charge in [-0.2, -0.15) is 4.98 Å². The quantitative estimate of drug-likeness (QED) is 0.671. The van der Waals surface area contributed by atoms with Crippen LogP contribution in [-0.2, 0) is 9.59 Å². The Morgan fingerprint density at radius 2 is 1.93 bits per heavy atom. The highest BCUT2D eigenvalue weighted by molar-refractivity contribution is 6.42. The minimum absolute atomic E-state index is 0.0875. The summed E-state index contributed by atoms with van der Waals surface area (Å²) in [6.07, 6.45) is -0.0875. The summed E-state index contributed by atoms with van der Waals surface area (Å²) >= 11 is 11.8. The summed E-state index contributed by atoms with van der Waals surface area (Å²) in [5, 5.41) is 10.5. The van der Waals surface area contributed by atoms with Crippen LogP contribution in [0.1, 0.15) is 18.0 Å². The Bertz CT molecular complexity index is 1080. The minimum Gasteiger partial charge on any atom is -0.326 e. The SMILES string of the molecule is Cc1ccc(-c2nc3n(n2)[C@H](CC(=O)Nc2ccc(Cl)c(Cl)c2)C(=O)N3)cc1. The van der Waals surface area contributed by atoms with Gasteiger partial charge in [0.1, 0.15) is 6.04 Å². The molecule has 0 unspecified atom stereocenters. The maximum Gasteiger partial charge on any atom is 0.252 e. The molecule has 2 amide bonds. The lowest BCUT2D eigenvalue weighted by molar-refractivity contribution is -0.123. The predicted molar refractivity (Wildman–Crippen MR) is 108 cm³/mol. The lowest BCUT2D eigenvalue weighted by Crippen LogP contribution is -2.23. The number of carbonyl (C=O) groups is 2. The molecule has 0 spiro atoms. The average Bonchev–Trinajstić information content (AvgIpc) is 3.18. The van der Waals surface area contributed by atoms with Crippen molar-refractivity contribution in [3.8, 4) is 11.4 Å². The Kier molecular flexibility index (Phi) is 4.78. The van der Waals surface area contributed by atoms with Crippen molar-refractivity contribution in [2.75, 3.05) is 10.6 Å². The van der Waals surface area contributed by atoms with Crippen LogP contribution in [0.3, 0.4) is 0 Å². The highest BCUT2D eigenvalue weighted by Crippen LogP contribution is 2.29. The third-order valence-electron chi connectivity index (χ3n) is 4.36. The van der Waals surface area contributed by atoms with Crippen LogP contribution in [0, 0.1) is 6.92 Å². The number of benzene rings is 2. The topological polar surface area (TPSA) is 88.9 Å². The molecule has 0 radical (unpaired) electrons. The molecule has 7 nitrogen and oxygen atoms in total. The number of aromatic nitrogens is 3. The number of halogens is 2. The van der Waals surface area contributed by atoms with Gasteiger partial charge < -0.3 is 5.32 Å². The van der Waals surface area contributed by atoms with Crippen LogP contribution in [0.15, 0.2) is 42.5 Å². The molecule has 142 valence electrons. The summed E-state index contributed by atoms with van der Waals surface area (Å²) < 4.78 is 1.45. The van der Waals surface area contributed by atoms with E-state index < -0.39 is 6.04 Å². The van der Waals surface area contributed by atoms with Crippen molar-refractivity contribution in [1.82, 2.24) is 14.8 Å². The summed E-state index contributed by atoms with van der Waals surface area (Å²) in [7, 11) is 0. The lowest BCUT2D eigenvalue weighted by atomic mass is 10.1. The van der Waals surface area contributed by atoms with E-state index in [0.717, 1.165) is 11.1 Å². The molecule has 4 rings (SSSR count). The van der Waals surface area contributed by atoms with E-state index in [1.54, 1.807) is 18.2 Å². The van der Waals surface area contributed by atoms with Crippen molar-refractivity contribution in [3.63, 3.8) is 0 Å². The number of hydrogen-bond acceptors (Lipinski definition) is 4. The first kappa shape index (κ1) is 18.5. The van der Waals surface area contributed by atoms with Gasteiger partial charge in [0, 0.05) is 11.3 Å². The first-order valence-corrected chi connectivity index (χ1v) is 9.25. The Morgan fingerprint density at radius 3 is 2.64 bits per heavy atom. The van der Waals surface area contributed by atoms with Gasteiger partial charge in [-0.15, -0.1) is 5.10 Å². The van der Waals surface area contributed by atoms with Crippen molar-refractivity contribution in [2.24, 2.45) is 0 Å². The second-order valence-electron chi connectivity index (χ2n) is 6.46. The summed E-state index contributed by atoms with van der Waals surface area (Å²) in [5.41, 5.74) is 2.46. The zero-order valence-electron chi connectivity index (χ0n) is 14.7. The minimum atomic E-state index is -0.774. The molecule has 1 aromatic heterocycles. The van der Waals surface area contributed by atoms with E-state index in [4.69, 9.17) is 23.2 Å². The van der Waals surface area contributed by atoms with Gasteiger partial charge in [-0.1, -0.05) is 53.0 Å². The first-order valence-electron chi connectivity index (χ1n) is 8.50. The van der Waals surface area contributed by atoms with E-state index >= 15 is 0 Å². The molecule has 3 aromatic rings. The van der Waals surface area contributed by atoms with Crippen molar-refractivity contribution >= 4 is 46.7 Å². The van der Waals surface area contributed by atoms with E-state index in [0.29, 0.717) is 27.5 Å². The van der Waals surface area contributed by atoms with Crippen LogP contribution in [-0.4, -0.2) is 26.6 Å². The molecule has 0 aliphatic carbocycles. The normalized spacial score (nSPS) is 15.2. The summed E-state index contributed by atoms with van der Waals surface area (Å²) in [5.74, 6) is 0.145. The number of aryl methyl sites for hydroxylation is 1. The van der Waals surface area contributed by atoms with Gasteiger partial charge in [0.2, 0.25) is 11.9 Å². The van der Waals surface area contributed by atoms with Crippen LogP contribution in [0.4, 0.5) is 11.6 Å². The van der Waals surface area contributed by atoms with Crippen LogP contribution in [0.2, 0.25) is 10.0 Å². The molecule has 0 saturated heterocycles. The maximum absolute atomic E-state index is 12.4. The van der Waals surface area contributed by atoms with Gasteiger partial charge in [-0.25, -0.2) is 4.68 Å². The largest absolute Gasteiger partial charge is 0.326 e. The van der Waals surface area contributed by atoms with Crippen molar-refractivity contribution in [2.45, 2.75) is 19.4 Å². The van der Waals surface area contributed by atoms with Crippen LogP contribution in [0.5, 0.6) is 0 Å². The Hall–Kier alpha value is -2.90. The number of nitrogens with one attached hydrogen (secondary N) is 2. The average molecular weight is 416 g/mol. The third-order valence-corrected chi connectivity index (χ3v) is 5.10. The molecular formula is C19H15Cl2N5O2. The van der Waals surface area contributed by atoms with Gasteiger partial charge in [0.05, 0.1) is 16.5 Å². The maximum atomic E-state index is 12.4. The molecular weight excluding hydrogens is 401 g/mol. The predicted octanol–water partition coefficient (Wildman–Crippen LogP) is 4.08. The van der Waals surface area contributed by atoms with Crippen LogP contribution in [0.25, 0.3) is 11.4 Å². The number of carbonyl (C=O) groups excluding carboxylic acids is 2. The first-order chi connectivity index (χ1) is 13.4. The van der Waals surface area contributed by atoms with Crippen LogP contribution < -0.4 is 10.6 Å². The smallest absolute Gasteiger partial charge is 0.252 e. The van der Waals surface area contributed by atoms with Gasteiger partial charge in [0.25, 0.3) is 5.91 Å². The van der Waals surface area contributed by atoms with E-state index in [-0.39, 0.29) is 18.2 Å². The van der Waals surface area contributed by atoms with E-state index in [1.807, 2.05) is 31.2 Å². The Labute approximate surface area is 170 Å². The van der Waals surface area contributed by atoms with E-state index in [2.05, 4.69) is 20.7 Å². The standard InChI is InChI=1S/C19H15Cl2N5O2/c1-10-2-4-11(5-3-10)17-23-19-24-18(28)15(26(19)25-17)9-16(27)22-12-6-7-13(20)14(21)8-12/h2-8,15H,9H2,1H3,(H,22,27)(H,23,24,25,28)/t15-/m1/s1. The zero-order chi connectivity index (χ0) is 19.8. The molecule has 0 fully saturated rings. The summed E-state index contributed by atoms with van der Waals surface area (Å²) in [4.78, 5) is 29.0. The van der Waals surface area contributed by atoms with Gasteiger partial charge in [0.15, 0.2) is 5.82 Å². The zero-order valence-corrected chi connectivity index (χ0v) is 16.3. The second-order valence-corrected chi connectivity index (χ2v) is 7.27. The number of rotatable bonds is 4. The lowest BCUT2D eigenvalue weighted by Gasteiger charge is -2.10. The molecule has 0 bridgehead atoms. The molecule has 1 aliphatic rings. The number of hydrogen-bond donors (Lipinski definition) is 2. The monoisotopic (exact) mass is 415 g/mol. The van der Waals surface area contributed by atoms with Crippen molar-refractivity contribution in [1.29, 1.82) is 0 Å². The van der Waals surface area contributed by atoms with Gasteiger partial charge >= 0.3 is 0 Å².